The van der Waals surface area contributed by atoms with Crippen molar-refractivity contribution < 1.29 is 0 Å². The molecule has 0 aromatic heterocycles. The van der Waals surface area contributed by atoms with Crippen molar-refractivity contribution in [2.24, 2.45) is 0 Å². The molecule has 0 unspecified atom stereocenters. The SMILES string of the molecule is N#CC1(c2ccccc2)CCCCC1.N#CCc1ccccc1. The minimum atomic E-state index is -0.181. The molecule has 1 fully saturated rings. The average molecular weight is 302 g/mol. The van der Waals surface area contributed by atoms with E-state index in [2.05, 4.69) is 24.3 Å². The highest BCUT2D eigenvalue weighted by atomic mass is 14.4. The van der Waals surface area contributed by atoms with Crippen molar-refractivity contribution in [1.82, 2.24) is 0 Å². The van der Waals surface area contributed by atoms with E-state index in [1.165, 1.54) is 24.8 Å². The molecular weight excluding hydrogens is 280 g/mol. The van der Waals surface area contributed by atoms with E-state index in [0.717, 1.165) is 18.4 Å². The van der Waals surface area contributed by atoms with E-state index in [9.17, 15) is 5.26 Å². The molecule has 3 rings (SSSR count). The molecule has 1 saturated carbocycles. The van der Waals surface area contributed by atoms with Crippen molar-refractivity contribution in [2.45, 2.75) is 43.9 Å². The van der Waals surface area contributed by atoms with Crippen LogP contribution in [0.4, 0.5) is 0 Å². The zero-order valence-electron chi connectivity index (χ0n) is 13.4. The predicted molar refractivity (Wildman–Crippen MR) is 92.6 cm³/mol. The highest BCUT2D eigenvalue weighted by molar-refractivity contribution is 5.32. The van der Waals surface area contributed by atoms with Crippen molar-refractivity contribution in [3.63, 3.8) is 0 Å². The number of hydrogen-bond donors (Lipinski definition) is 0. The Balaban J connectivity index is 0.000000185. The maximum absolute atomic E-state index is 9.34. The Bertz CT molecular complexity index is 656. The lowest BCUT2D eigenvalue weighted by atomic mass is 9.70. The smallest absolute Gasteiger partial charge is 0.0822 e. The van der Waals surface area contributed by atoms with Gasteiger partial charge in [-0.15, -0.1) is 0 Å². The van der Waals surface area contributed by atoms with Crippen LogP contribution in [-0.4, -0.2) is 0 Å². The van der Waals surface area contributed by atoms with Crippen LogP contribution in [0.2, 0.25) is 0 Å². The first-order valence-corrected chi connectivity index (χ1v) is 8.18. The second-order valence-corrected chi connectivity index (χ2v) is 5.94. The van der Waals surface area contributed by atoms with Crippen LogP contribution < -0.4 is 0 Å². The van der Waals surface area contributed by atoms with Gasteiger partial charge in [-0.1, -0.05) is 79.9 Å². The molecule has 1 aliphatic rings. The topological polar surface area (TPSA) is 47.6 Å². The fraction of sp³-hybridized carbons (Fsp3) is 0.333. The van der Waals surface area contributed by atoms with Crippen LogP contribution in [0.25, 0.3) is 0 Å². The Morgan fingerprint density at radius 3 is 1.87 bits per heavy atom. The molecule has 2 aromatic rings. The van der Waals surface area contributed by atoms with Crippen molar-refractivity contribution >= 4 is 0 Å². The van der Waals surface area contributed by atoms with Crippen LogP contribution in [-0.2, 0) is 11.8 Å². The highest BCUT2D eigenvalue weighted by Gasteiger charge is 2.33. The lowest BCUT2D eigenvalue weighted by Gasteiger charge is -2.30. The van der Waals surface area contributed by atoms with E-state index in [1.807, 2.05) is 48.5 Å². The van der Waals surface area contributed by atoms with Gasteiger partial charge in [0.15, 0.2) is 0 Å². The third-order valence-corrected chi connectivity index (χ3v) is 4.37. The molecule has 0 aliphatic heterocycles. The van der Waals surface area contributed by atoms with Gasteiger partial charge in [-0.2, -0.15) is 10.5 Å². The van der Waals surface area contributed by atoms with E-state index in [0.29, 0.717) is 6.42 Å². The normalized spacial score (nSPS) is 15.4. The van der Waals surface area contributed by atoms with Gasteiger partial charge in [0, 0.05) is 0 Å². The van der Waals surface area contributed by atoms with Gasteiger partial charge in [-0.05, 0) is 24.0 Å². The van der Waals surface area contributed by atoms with Gasteiger partial charge < -0.3 is 0 Å². The van der Waals surface area contributed by atoms with Crippen molar-refractivity contribution in [3.8, 4) is 12.1 Å². The monoisotopic (exact) mass is 302 g/mol. The first kappa shape index (κ1) is 16.8. The molecular formula is C21H22N2. The number of hydrogen-bond acceptors (Lipinski definition) is 2. The summed E-state index contributed by atoms with van der Waals surface area (Å²) in [4.78, 5) is 0. The van der Waals surface area contributed by atoms with Crippen molar-refractivity contribution in [3.05, 3.63) is 71.8 Å². The van der Waals surface area contributed by atoms with E-state index < -0.39 is 0 Å². The van der Waals surface area contributed by atoms with Crippen LogP contribution in [0.3, 0.4) is 0 Å². The molecule has 2 nitrogen and oxygen atoms in total. The van der Waals surface area contributed by atoms with Gasteiger partial charge in [0.2, 0.25) is 0 Å². The molecule has 0 N–H and O–H groups in total. The van der Waals surface area contributed by atoms with Crippen LogP contribution >= 0.6 is 0 Å². The largest absolute Gasteiger partial charge is 0.198 e. The van der Waals surface area contributed by atoms with Gasteiger partial charge in [-0.25, -0.2) is 0 Å². The van der Waals surface area contributed by atoms with E-state index in [4.69, 9.17) is 5.26 Å². The average Bonchev–Trinajstić information content (AvgIpc) is 2.65. The number of nitriles is 2. The van der Waals surface area contributed by atoms with E-state index in [-0.39, 0.29) is 5.41 Å². The summed E-state index contributed by atoms with van der Waals surface area (Å²) in [5, 5.41) is 17.6. The highest BCUT2D eigenvalue weighted by Crippen LogP contribution is 2.38. The molecule has 2 aromatic carbocycles. The van der Waals surface area contributed by atoms with Crippen molar-refractivity contribution in [1.29, 1.82) is 10.5 Å². The first-order valence-electron chi connectivity index (χ1n) is 8.18. The van der Waals surface area contributed by atoms with Crippen LogP contribution in [0.1, 0.15) is 43.2 Å². The third kappa shape index (κ3) is 4.70. The van der Waals surface area contributed by atoms with Gasteiger partial charge in [0.25, 0.3) is 0 Å². The van der Waals surface area contributed by atoms with Crippen LogP contribution in [0.15, 0.2) is 60.7 Å². The zero-order chi connectivity index (χ0) is 16.4. The fourth-order valence-corrected chi connectivity index (χ4v) is 3.06. The van der Waals surface area contributed by atoms with E-state index in [1.54, 1.807) is 0 Å². The Hall–Kier alpha value is -2.58. The fourth-order valence-electron chi connectivity index (χ4n) is 3.06. The maximum atomic E-state index is 9.34. The lowest BCUT2D eigenvalue weighted by Crippen LogP contribution is -2.26. The molecule has 116 valence electrons. The Labute approximate surface area is 139 Å². The molecule has 0 spiro atoms. The maximum Gasteiger partial charge on any atom is 0.0822 e. The summed E-state index contributed by atoms with van der Waals surface area (Å²) in [6.07, 6.45) is 6.27. The van der Waals surface area contributed by atoms with Crippen LogP contribution in [0, 0.1) is 22.7 Å². The Morgan fingerprint density at radius 1 is 0.783 bits per heavy atom. The number of rotatable bonds is 2. The molecule has 2 heteroatoms. The second-order valence-electron chi connectivity index (χ2n) is 5.94. The molecule has 0 bridgehead atoms. The summed E-state index contributed by atoms with van der Waals surface area (Å²) in [5.74, 6) is 0. The first-order chi connectivity index (χ1) is 11.3. The number of benzene rings is 2. The van der Waals surface area contributed by atoms with Gasteiger partial charge in [-0.3, -0.25) is 0 Å². The summed E-state index contributed by atoms with van der Waals surface area (Å²) >= 11 is 0. The Kier molecular flexibility index (Phi) is 6.40. The predicted octanol–water partition coefficient (Wildman–Crippen LogP) is 5.16. The summed E-state index contributed by atoms with van der Waals surface area (Å²) in [6.45, 7) is 0. The quantitative estimate of drug-likeness (QED) is 0.768. The lowest BCUT2D eigenvalue weighted by molar-refractivity contribution is 0.366. The zero-order valence-corrected chi connectivity index (χ0v) is 13.4. The van der Waals surface area contributed by atoms with Gasteiger partial charge in [0.05, 0.1) is 24.0 Å². The molecule has 1 aliphatic carbocycles. The van der Waals surface area contributed by atoms with Gasteiger partial charge in [0.1, 0.15) is 0 Å². The summed E-state index contributed by atoms with van der Waals surface area (Å²) in [7, 11) is 0. The minimum absolute atomic E-state index is 0.181. The second kappa shape index (κ2) is 8.76. The summed E-state index contributed by atoms with van der Waals surface area (Å²) in [6, 6.07) is 24.6. The third-order valence-electron chi connectivity index (χ3n) is 4.37. The number of nitrogens with zero attached hydrogens (tertiary/aromatic N) is 2. The van der Waals surface area contributed by atoms with Crippen molar-refractivity contribution in [2.75, 3.05) is 0 Å². The van der Waals surface area contributed by atoms with Crippen LogP contribution in [0.5, 0.6) is 0 Å². The molecule has 23 heavy (non-hydrogen) atoms. The molecule has 0 radical (unpaired) electrons. The minimum Gasteiger partial charge on any atom is -0.198 e. The molecule has 0 heterocycles. The van der Waals surface area contributed by atoms with E-state index >= 15 is 0 Å². The standard InChI is InChI=1S/C13H15N.C8H7N/c14-11-13(9-5-2-6-10-13)12-7-3-1-4-8-12;9-7-6-8-4-2-1-3-5-8/h1,3-4,7-8H,2,5-6,9-10H2;1-5H,6H2. The summed E-state index contributed by atoms with van der Waals surface area (Å²) < 4.78 is 0. The van der Waals surface area contributed by atoms with Gasteiger partial charge >= 0.3 is 0 Å². The Morgan fingerprint density at radius 2 is 1.35 bits per heavy atom. The molecule has 0 saturated heterocycles. The summed E-state index contributed by atoms with van der Waals surface area (Å²) in [5.41, 5.74) is 2.11. The molecule has 0 atom stereocenters. The molecule has 0 amide bonds.